The zero-order valence-electron chi connectivity index (χ0n) is 8.25. The van der Waals surface area contributed by atoms with Crippen LogP contribution in [-0.4, -0.2) is 29.8 Å². The second-order valence-electron chi connectivity index (χ2n) is 4.21. The lowest BCUT2D eigenvalue weighted by Crippen LogP contribution is -2.39. The number of hydrogen-bond donors (Lipinski definition) is 0. The number of rotatable bonds is 2. The zero-order chi connectivity index (χ0) is 9.47. The molecule has 0 saturated carbocycles. The van der Waals surface area contributed by atoms with Crippen molar-refractivity contribution in [3.63, 3.8) is 0 Å². The Morgan fingerprint density at radius 3 is 2.92 bits per heavy atom. The van der Waals surface area contributed by atoms with Crippen molar-refractivity contribution in [2.24, 2.45) is 0 Å². The minimum atomic E-state index is -0.135. The predicted octanol–water partition coefficient (Wildman–Crippen LogP) is 2.34. The van der Waals surface area contributed by atoms with E-state index in [0.29, 0.717) is 6.10 Å². The molecule has 4 atom stereocenters. The summed E-state index contributed by atoms with van der Waals surface area (Å²) in [6.07, 6.45) is 3.64. The summed E-state index contributed by atoms with van der Waals surface area (Å²) in [5, 5.41) is 0.161. The van der Waals surface area contributed by atoms with Gasteiger partial charge >= 0.3 is 0 Å². The Morgan fingerprint density at radius 1 is 1.54 bits per heavy atom. The average molecular weight is 205 g/mol. The number of halogens is 1. The number of hydrogen-bond acceptors (Lipinski definition) is 2. The predicted molar refractivity (Wildman–Crippen MR) is 52.2 cm³/mol. The van der Waals surface area contributed by atoms with Crippen LogP contribution in [0.25, 0.3) is 0 Å². The quantitative estimate of drug-likeness (QED) is 0.643. The highest BCUT2D eigenvalue weighted by atomic mass is 35.5. The summed E-state index contributed by atoms with van der Waals surface area (Å²) >= 11 is 6.24. The standard InChI is InChI=1S/C10H17ClO2/c1-3-12-8-6-10(2)9(11)5-4-7(8)13-10/h7-9H,3-6H2,1-2H3. The van der Waals surface area contributed by atoms with E-state index in [0.717, 1.165) is 25.9 Å². The molecule has 0 amide bonds. The molecular formula is C10H17ClO2. The minimum Gasteiger partial charge on any atom is -0.376 e. The van der Waals surface area contributed by atoms with E-state index in [1.165, 1.54) is 0 Å². The Labute approximate surface area is 84.5 Å². The van der Waals surface area contributed by atoms with E-state index >= 15 is 0 Å². The lowest BCUT2D eigenvalue weighted by molar-refractivity contribution is -0.0811. The molecule has 2 aliphatic rings. The van der Waals surface area contributed by atoms with Crippen LogP contribution in [0.3, 0.4) is 0 Å². The first-order valence-electron chi connectivity index (χ1n) is 5.09. The van der Waals surface area contributed by atoms with Gasteiger partial charge in [-0.3, -0.25) is 0 Å². The topological polar surface area (TPSA) is 18.5 Å². The van der Waals surface area contributed by atoms with E-state index in [2.05, 4.69) is 6.92 Å². The maximum Gasteiger partial charge on any atom is 0.0864 e. The van der Waals surface area contributed by atoms with Gasteiger partial charge in [0.05, 0.1) is 23.2 Å². The smallest absolute Gasteiger partial charge is 0.0864 e. The van der Waals surface area contributed by atoms with Crippen molar-refractivity contribution in [2.75, 3.05) is 6.61 Å². The van der Waals surface area contributed by atoms with Gasteiger partial charge < -0.3 is 9.47 Å². The van der Waals surface area contributed by atoms with Crippen LogP contribution in [0.4, 0.5) is 0 Å². The van der Waals surface area contributed by atoms with Crippen LogP contribution in [0.2, 0.25) is 0 Å². The van der Waals surface area contributed by atoms with Crippen LogP contribution in [0, 0.1) is 0 Å². The maximum absolute atomic E-state index is 6.24. The number of fused-ring (bicyclic) bond motifs is 2. The second kappa shape index (κ2) is 3.41. The van der Waals surface area contributed by atoms with Crippen LogP contribution < -0.4 is 0 Å². The van der Waals surface area contributed by atoms with Gasteiger partial charge in [0.2, 0.25) is 0 Å². The van der Waals surface area contributed by atoms with Crippen LogP contribution >= 0.6 is 11.6 Å². The van der Waals surface area contributed by atoms with Crippen molar-refractivity contribution in [1.82, 2.24) is 0 Å². The van der Waals surface area contributed by atoms with Gasteiger partial charge in [-0.05, 0) is 26.7 Å². The van der Waals surface area contributed by atoms with E-state index in [1.54, 1.807) is 0 Å². The van der Waals surface area contributed by atoms with Crippen molar-refractivity contribution in [1.29, 1.82) is 0 Å². The molecule has 0 aromatic heterocycles. The third-order valence-corrected chi connectivity index (χ3v) is 3.87. The molecule has 2 aliphatic heterocycles. The molecule has 2 rings (SSSR count). The highest BCUT2D eigenvalue weighted by Gasteiger charge is 2.51. The number of ether oxygens (including phenoxy) is 2. The normalized spacial score (nSPS) is 49.6. The van der Waals surface area contributed by atoms with E-state index in [4.69, 9.17) is 21.1 Å². The fourth-order valence-electron chi connectivity index (χ4n) is 2.44. The van der Waals surface area contributed by atoms with Crippen molar-refractivity contribution in [3.05, 3.63) is 0 Å². The van der Waals surface area contributed by atoms with Crippen molar-refractivity contribution in [2.45, 2.75) is 56.3 Å². The Morgan fingerprint density at radius 2 is 2.31 bits per heavy atom. The molecule has 0 aliphatic carbocycles. The van der Waals surface area contributed by atoms with Crippen LogP contribution in [-0.2, 0) is 9.47 Å². The molecule has 0 N–H and O–H groups in total. The lowest BCUT2D eigenvalue weighted by atomic mass is 9.96. The number of alkyl halides is 1. The van der Waals surface area contributed by atoms with Gasteiger partial charge in [0.1, 0.15) is 0 Å². The molecule has 2 nitrogen and oxygen atoms in total. The summed E-state index contributed by atoms with van der Waals surface area (Å²) in [4.78, 5) is 0. The molecule has 0 radical (unpaired) electrons. The van der Waals surface area contributed by atoms with Crippen LogP contribution in [0.1, 0.15) is 33.1 Å². The molecule has 2 heterocycles. The minimum absolute atomic E-state index is 0.135. The third-order valence-electron chi connectivity index (χ3n) is 3.19. The molecule has 2 fully saturated rings. The van der Waals surface area contributed by atoms with Crippen molar-refractivity contribution >= 4 is 11.6 Å². The lowest BCUT2D eigenvalue weighted by Gasteiger charge is -2.34. The molecule has 0 spiro atoms. The average Bonchev–Trinajstić information content (AvgIpc) is 2.35. The second-order valence-corrected chi connectivity index (χ2v) is 4.74. The van der Waals surface area contributed by atoms with E-state index in [1.807, 2.05) is 6.92 Å². The molecule has 2 saturated heterocycles. The third kappa shape index (κ3) is 1.60. The first-order chi connectivity index (χ1) is 6.15. The molecular weight excluding hydrogens is 188 g/mol. The molecule has 0 aromatic rings. The van der Waals surface area contributed by atoms with Crippen molar-refractivity contribution in [3.8, 4) is 0 Å². The maximum atomic E-state index is 6.24. The van der Waals surface area contributed by atoms with Gasteiger partial charge in [-0.15, -0.1) is 11.6 Å². The van der Waals surface area contributed by atoms with Gasteiger partial charge in [-0.1, -0.05) is 0 Å². The van der Waals surface area contributed by atoms with Gasteiger partial charge in [0.25, 0.3) is 0 Å². The zero-order valence-corrected chi connectivity index (χ0v) is 9.01. The summed E-state index contributed by atoms with van der Waals surface area (Å²) < 4.78 is 11.6. The van der Waals surface area contributed by atoms with Gasteiger partial charge in [0.15, 0.2) is 0 Å². The Bertz CT molecular complexity index is 197. The molecule has 4 unspecified atom stereocenters. The fourth-order valence-corrected chi connectivity index (χ4v) is 2.71. The van der Waals surface area contributed by atoms with Gasteiger partial charge in [-0.25, -0.2) is 0 Å². The van der Waals surface area contributed by atoms with E-state index < -0.39 is 0 Å². The molecule has 0 aromatic carbocycles. The molecule has 3 heteroatoms. The molecule has 76 valence electrons. The van der Waals surface area contributed by atoms with Crippen LogP contribution in [0.5, 0.6) is 0 Å². The summed E-state index contributed by atoms with van der Waals surface area (Å²) in [5.41, 5.74) is -0.135. The Balaban J connectivity index is 2.07. The SMILES string of the molecule is CCOC1CC2(C)OC1CCC2Cl. The summed E-state index contributed by atoms with van der Waals surface area (Å²) in [6.45, 7) is 4.91. The summed E-state index contributed by atoms with van der Waals surface area (Å²) in [6, 6.07) is 0. The largest absolute Gasteiger partial charge is 0.376 e. The van der Waals surface area contributed by atoms with Gasteiger partial charge in [0, 0.05) is 13.0 Å². The molecule has 2 bridgehead atoms. The first kappa shape index (κ1) is 9.75. The first-order valence-corrected chi connectivity index (χ1v) is 5.53. The highest BCUT2D eigenvalue weighted by Crippen LogP contribution is 2.44. The molecule has 13 heavy (non-hydrogen) atoms. The Kier molecular flexibility index (Phi) is 2.56. The van der Waals surface area contributed by atoms with E-state index in [9.17, 15) is 0 Å². The van der Waals surface area contributed by atoms with E-state index in [-0.39, 0.29) is 17.1 Å². The fraction of sp³-hybridized carbons (Fsp3) is 1.00. The Hall–Kier alpha value is 0.210. The van der Waals surface area contributed by atoms with Gasteiger partial charge in [-0.2, -0.15) is 0 Å². The summed E-state index contributed by atoms with van der Waals surface area (Å²) in [5.74, 6) is 0. The van der Waals surface area contributed by atoms with Crippen molar-refractivity contribution < 1.29 is 9.47 Å². The van der Waals surface area contributed by atoms with Crippen LogP contribution in [0.15, 0.2) is 0 Å². The highest BCUT2D eigenvalue weighted by molar-refractivity contribution is 6.21. The monoisotopic (exact) mass is 204 g/mol. The summed E-state index contributed by atoms with van der Waals surface area (Å²) in [7, 11) is 0.